The number of methoxy groups -OCH3 is 1. The third-order valence-corrected chi connectivity index (χ3v) is 6.45. The highest BCUT2D eigenvalue weighted by Crippen LogP contribution is 2.65. The van der Waals surface area contributed by atoms with Crippen molar-refractivity contribution in [2.24, 2.45) is 0 Å². The lowest BCUT2D eigenvalue weighted by Crippen LogP contribution is -2.27. The molecule has 1 aromatic heterocycles. The van der Waals surface area contributed by atoms with Gasteiger partial charge in [-0.1, -0.05) is 24.3 Å². The highest BCUT2D eigenvalue weighted by Gasteiger charge is 2.62. The van der Waals surface area contributed by atoms with Crippen molar-refractivity contribution in [2.45, 2.75) is 37.4 Å². The lowest BCUT2D eigenvalue weighted by atomic mass is 9.78. The maximum atomic E-state index is 12.1. The van der Waals surface area contributed by atoms with Gasteiger partial charge in [0.05, 0.1) is 47.6 Å². The van der Waals surface area contributed by atoms with Crippen LogP contribution in [-0.2, 0) is 25.5 Å². The number of nitrogens with zero attached hydrogens (tertiary/aromatic N) is 2. The number of hydrogen-bond acceptors (Lipinski definition) is 6. The maximum absolute atomic E-state index is 12.1. The zero-order chi connectivity index (χ0) is 21.3. The van der Waals surface area contributed by atoms with Gasteiger partial charge in [-0.2, -0.15) is 5.26 Å². The molecule has 1 fully saturated rings. The number of nitriles is 1. The number of carbonyl (C=O) groups is 1. The van der Waals surface area contributed by atoms with Crippen LogP contribution in [0.15, 0.2) is 36.4 Å². The monoisotopic (exact) mass is 404 g/mol. The van der Waals surface area contributed by atoms with Crippen LogP contribution in [0.3, 0.4) is 0 Å². The predicted molar refractivity (Wildman–Crippen MR) is 107 cm³/mol. The minimum Gasteiger partial charge on any atom is -0.494 e. The molecule has 1 saturated heterocycles. The first kappa shape index (κ1) is 18.5. The van der Waals surface area contributed by atoms with E-state index in [4.69, 9.17) is 9.47 Å². The quantitative estimate of drug-likeness (QED) is 0.645. The Morgan fingerprint density at radius 3 is 2.57 bits per heavy atom. The van der Waals surface area contributed by atoms with Crippen molar-refractivity contribution in [1.82, 2.24) is 4.57 Å². The zero-order valence-corrected chi connectivity index (χ0v) is 16.6. The Balaban J connectivity index is 1.79. The Morgan fingerprint density at radius 2 is 1.87 bits per heavy atom. The van der Waals surface area contributed by atoms with Crippen molar-refractivity contribution < 1.29 is 24.5 Å². The van der Waals surface area contributed by atoms with Crippen LogP contribution in [0.1, 0.15) is 42.9 Å². The molecule has 0 amide bonds. The number of ether oxygens (including phenoxy) is 2. The largest absolute Gasteiger partial charge is 0.494 e. The van der Waals surface area contributed by atoms with Gasteiger partial charge in [-0.25, -0.2) is 0 Å². The molecule has 0 aliphatic carbocycles. The molecular formula is C23H20N2O5. The van der Waals surface area contributed by atoms with Gasteiger partial charge in [-0.3, -0.25) is 9.36 Å². The molecule has 2 aliphatic rings. The molecule has 2 atom stereocenters. The van der Waals surface area contributed by atoms with Crippen molar-refractivity contribution >= 4 is 16.7 Å². The molecule has 2 aromatic carbocycles. The summed E-state index contributed by atoms with van der Waals surface area (Å²) >= 11 is 0. The number of benzene rings is 2. The molecule has 2 aliphatic heterocycles. The van der Waals surface area contributed by atoms with Crippen molar-refractivity contribution in [1.29, 1.82) is 5.26 Å². The van der Waals surface area contributed by atoms with Crippen LogP contribution in [0.4, 0.5) is 0 Å². The molecule has 1 unspecified atom stereocenters. The minimum atomic E-state index is -1.04. The van der Waals surface area contributed by atoms with E-state index >= 15 is 0 Å². The number of rotatable bonds is 3. The second-order valence-corrected chi connectivity index (χ2v) is 8.10. The first-order chi connectivity index (χ1) is 14.3. The molecule has 152 valence electrons. The van der Waals surface area contributed by atoms with Gasteiger partial charge in [0, 0.05) is 10.8 Å². The van der Waals surface area contributed by atoms with E-state index in [0.717, 1.165) is 10.8 Å². The Bertz CT molecular complexity index is 1270. The Labute approximate surface area is 172 Å². The first-order valence-corrected chi connectivity index (χ1v) is 9.72. The summed E-state index contributed by atoms with van der Waals surface area (Å²) in [5.41, 5.74) is 0.150. The highest BCUT2D eigenvalue weighted by atomic mass is 16.6. The second kappa shape index (κ2) is 6.00. The van der Waals surface area contributed by atoms with E-state index in [1.165, 1.54) is 11.7 Å². The number of aromatic hydroxyl groups is 2. The van der Waals surface area contributed by atoms with Gasteiger partial charge in [-0.15, -0.1) is 0 Å². The molecule has 0 spiro atoms. The summed E-state index contributed by atoms with van der Waals surface area (Å²) in [7, 11) is 1.31. The normalized spacial score (nSPS) is 24.0. The summed E-state index contributed by atoms with van der Waals surface area (Å²) in [5.74, 6) is -0.724. The fourth-order valence-corrected chi connectivity index (χ4v) is 5.13. The molecule has 7 nitrogen and oxygen atoms in total. The minimum absolute atomic E-state index is 0.0444. The van der Waals surface area contributed by atoms with Crippen molar-refractivity contribution in [3.63, 3.8) is 0 Å². The number of aromatic nitrogens is 1. The molecule has 0 saturated carbocycles. The SMILES string of the molecule is COC(=O)CC12CC[C@@](C)(O1)c1c2c(O)n(-c2ccc(C#N)c3ccccc23)c1O. The van der Waals surface area contributed by atoms with Crippen LogP contribution >= 0.6 is 0 Å². The van der Waals surface area contributed by atoms with Gasteiger partial charge < -0.3 is 19.7 Å². The third-order valence-electron chi connectivity index (χ3n) is 6.45. The van der Waals surface area contributed by atoms with Crippen LogP contribution in [0.2, 0.25) is 0 Å². The Hall–Kier alpha value is -3.50. The molecule has 0 radical (unpaired) electrons. The van der Waals surface area contributed by atoms with E-state index < -0.39 is 17.2 Å². The van der Waals surface area contributed by atoms with Gasteiger partial charge in [0.25, 0.3) is 0 Å². The zero-order valence-electron chi connectivity index (χ0n) is 16.6. The summed E-state index contributed by atoms with van der Waals surface area (Å²) in [5, 5.41) is 33.3. The van der Waals surface area contributed by atoms with Gasteiger partial charge in [0.2, 0.25) is 11.8 Å². The fourth-order valence-electron chi connectivity index (χ4n) is 5.13. The third kappa shape index (κ3) is 2.20. The number of esters is 1. The maximum Gasteiger partial charge on any atom is 0.308 e. The van der Waals surface area contributed by atoms with E-state index in [0.29, 0.717) is 35.2 Å². The molecule has 2 N–H and O–H groups in total. The predicted octanol–water partition coefficient (Wildman–Crippen LogP) is 3.71. The Kier molecular flexibility index (Phi) is 3.71. The van der Waals surface area contributed by atoms with Crippen molar-refractivity contribution in [3.05, 3.63) is 53.1 Å². The molecule has 3 heterocycles. The second-order valence-electron chi connectivity index (χ2n) is 8.10. The van der Waals surface area contributed by atoms with E-state index in [2.05, 4.69) is 6.07 Å². The molecule has 5 rings (SSSR count). The van der Waals surface area contributed by atoms with Gasteiger partial charge in [-0.05, 0) is 31.9 Å². The smallest absolute Gasteiger partial charge is 0.308 e. The number of fused-ring (bicyclic) bond motifs is 6. The lowest BCUT2D eigenvalue weighted by molar-refractivity contribution is -0.151. The Morgan fingerprint density at radius 1 is 1.17 bits per heavy atom. The van der Waals surface area contributed by atoms with Crippen molar-refractivity contribution in [2.75, 3.05) is 7.11 Å². The average molecular weight is 404 g/mol. The van der Waals surface area contributed by atoms with E-state index in [1.807, 2.05) is 31.2 Å². The first-order valence-electron chi connectivity index (χ1n) is 9.72. The summed E-state index contributed by atoms with van der Waals surface area (Å²) in [6, 6.07) is 12.9. The van der Waals surface area contributed by atoms with E-state index in [9.17, 15) is 20.3 Å². The van der Waals surface area contributed by atoms with Crippen molar-refractivity contribution in [3.8, 4) is 23.5 Å². The topological polar surface area (TPSA) is 105 Å². The van der Waals surface area contributed by atoms with Crippen LogP contribution < -0.4 is 0 Å². The summed E-state index contributed by atoms with van der Waals surface area (Å²) in [6.07, 6.45) is 1.11. The van der Waals surface area contributed by atoms with E-state index in [1.54, 1.807) is 12.1 Å². The van der Waals surface area contributed by atoms with Gasteiger partial charge in [0.1, 0.15) is 5.60 Å². The standard InChI is InChI=1S/C23H20N2O5/c1-22-9-10-23(30-22,11-17(26)29-2)19-18(22)20(27)25(21(19)28)16-8-7-13(12-24)14-5-3-4-6-15(14)16/h3-8,27-28H,9-11H2,1-2H3/t22-,23?/m1/s1. The highest BCUT2D eigenvalue weighted by molar-refractivity contribution is 5.95. The van der Waals surface area contributed by atoms with Crippen LogP contribution in [0.5, 0.6) is 11.8 Å². The fraction of sp³-hybridized carbons (Fsp3) is 0.304. The molecular weight excluding hydrogens is 384 g/mol. The molecule has 7 heteroatoms. The van der Waals surface area contributed by atoms with E-state index in [-0.39, 0.29) is 18.2 Å². The van der Waals surface area contributed by atoms with Crippen LogP contribution in [0.25, 0.3) is 16.5 Å². The molecule has 30 heavy (non-hydrogen) atoms. The summed E-state index contributed by atoms with van der Waals surface area (Å²) in [4.78, 5) is 12.1. The summed E-state index contributed by atoms with van der Waals surface area (Å²) in [6.45, 7) is 1.86. The van der Waals surface area contributed by atoms with Crippen LogP contribution in [0, 0.1) is 11.3 Å². The van der Waals surface area contributed by atoms with Crippen LogP contribution in [-0.4, -0.2) is 27.9 Å². The van der Waals surface area contributed by atoms with Gasteiger partial charge >= 0.3 is 5.97 Å². The lowest BCUT2D eigenvalue weighted by Gasteiger charge is -2.25. The molecule has 2 bridgehead atoms. The van der Waals surface area contributed by atoms with Gasteiger partial charge in [0.15, 0.2) is 0 Å². The number of hydrogen-bond donors (Lipinski definition) is 2. The number of carbonyl (C=O) groups excluding carboxylic acids is 1. The molecule has 3 aromatic rings. The average Bonchev–Trinajstić information content (AvgIpc) is 3.31. The summed E-state index contributed by atoms with van der Waals surface area (Å²) < 4.78 is 12.5.